The minimum absolute atomic E-state index is 0.142. The van der Waals surface area contributed by atoms with Crippen LogP contribution in [0.25, 0.3) is 0 Å². The fourth-order valence-electron chi connectivity index (χ4n) is 9.15. The molecule has 310 valence electrons. The molecule has 6 rings (SSSR count). The first-order valence-electron chi connectivity index (χ1n) is 21.1. The standard InChI is InChI=1S/C19H26FNO2.C15H20O2.C14H19NO2/c1-2-18(22)19(10-4-3-5-11-19)16-6-8-17(9-7-16)23-14-15(12-20)13-21;1-2-14(17)15(10-4-3-5-11-15)12-6-8-13(16)9-7-12;1-17-12-7-5-11(6-8-12)14(13(15)16)9-3-2-4-10-14/h6-9,12H,2-5,10-11,13-14,21H2,1H3;6-9,16H,2-5,10-11H2,1H3;5-8H,2-4,9-10H2,1H3,(H2,15,16)/b15-12+;;. The maximum Gasteiger partial charge on any atom is 0.228 e. The van der Waals surface area contributed by atoms with Crippen LogP contribution in [0.15, 0.2) is 84.7 Å². The molecular weight excluding hydrogens is 720 g/mol. The number of primary amides is 1. The van der Waals surface area contributed by atoms with Gasteiger partial charge < -0.3 is 26.0 Å². The molecule has 1 amide bonds. The van der Waals surface area contributed by atoms with E-state index in [2.05, 4.69) is 0 Å². The summed E-state index contributed by atoms with van der Waals surface area (Å²) >= 11 is 0. The Morgan fingerprint density at radius 1 is 0.632 bits per heavy atom. The van der Waals surface area contributed by atoms with Crippen LogP contribution in [0, 0.1) is 0 Å². The van der Waals surface area contributed by atoms with Crippen LogP contribution in [0.5, 0.6) is 17.2 Å². The summed E-state index contributed by atoms with van der Waals surface area (Å²) in [6.45, 7) is 4.17. The van der Waals surface area contributed by atoms with Crippen molar-refractivity contribution in [3.05, 3.63) is 101 Å². The topological polar surface area (TPSA) is 142 Å². The lowest BCUT2D eigenvalue weighted by molar-refractivity contribution is -0.126. The molecule has 0 atom stereocenters. The zero-order valence-corrected chi connectivity index (χ0v) is 34.5. The van der Waals surface area contributed by atoms with E-state index in [0.29, 0.717) is 42.1 Å². The van der Waals surface area contributed by atoms with Gasteiger partial charge in [0.1, 0.15) is 35.4 Å². The van der Waals surface area contributed by atoms with Crippen LogP contribution in [0.4, 0.5) is 4.39 Å². The van der Waals surface area contributed by atoms with E-state index in [1.807, 2.05) is 74.5 Å². The molecule has 0 spiro atoms. The molecule has 3 fully saturated rings. The normalized spacial score (nSPS) is 18.4. The van der Waals surface area contributed by atoms with Crippen LogP contribution < -0.4 is 20.9 Å². The number of nitrogens with two attached hydrogens (primary N) is 2. The zero-order chi connectivity index (χ0) is 41.3. The maximum absolute atomic E-state index is 12.6. The highest BCUT2D eigenvalue weighted by molar-refractivity contribution is 5.91. The number of hydrogen-bond acceptors (Lipinski definition) is 7. The van der Waals surface area contributed by atoms with Crippen molar-refractivity contribution >= 4 is 17.5 Å². The lowest BCUT2D eigenvalue weighted by Gasteiger charge is -2.36. The van der Waals surface area contributed by atoms with E-state index >= 15 is 0 Å². The minimum Gasteiger partial charge on any atom is -0.508 e. The van der Waals surface area contributed by atoms with Crippen LogP contribution in [-0.2, 0) is 30.6 Å². The van der Waals surface area contributed by atoms with Crippen LogP contribution in [0.3, 0.4) is 0 Å². The van der Waals surface area contributed by atoms with Gasteiger partial charge in [0, 0.05) is 25.0 Å². The first-order valence-corrected chi connectivity index (χ1v) is 21.1. The van der Waals surface area contributed by atoms with Crippen molar-refractivity contribution in [1.82, 2.24) is 0 Å². The number of carbonyl (C=O) groups excluding carboxylic acids is 3. The average molecular weight is 785 g/mol. The van der Waals surface area contributed by atoms with E-state index in [0.717, 1.165) is 99.5 Å². The van der Waals surface area contributed by atoms with Gasteiger partial charge in [-0.1, -0.05) is 108 Å². The second-order valence-electron chi connectivity index (χ2n) is 15.9. The lowest BCUT2D eigenvalue weighted by atomic mass is 9.66. The van der Waals surface area contributed by atoms with Crippen molar-refractivity contribution in [2.24, 2.45) is 11.5 Å². The Hall–Kier alpha value is -4.50. The number of halogens is 1. The first kappa shape index (κ1) is 45.2. The van der Waals surface area contributed by atoms with Crippen molar-refractivity contribution < 1.29 is 33.4 Å². The summed E-state index contributed by atoms with van der Waals surface area (Å²) in [5.41, 5.74) is 13.6. The van der Waals surface area contributed by atoms with Gasteiger partial charge in [-0.05, 0) is 91.6 Å². The van der Waals surface area contributed by atoms with Gasteiger partial charge in [0.25, 0.3) is 0 Å². The van der Waals surface area contributed by atoms with Gasteiger partial charge in [0.05, 0.1) is 29.7 Å². The van der Waals surface area contributed by atoms with Crippen LogP contribution in [0.1, 0.15) is 140 Å². The zero-order valence-electron chi connectivity index (χ0n) is 34.5. The molecule has 3 saturated carbocycles. The molecule has 8 nitrogen and oxygen atoms in total. The SMILES string of the molecule is CCC(=O)C1(c2ccc(O)cc2)CCCCC1.CCC(=O)C1(c2ccc(OC/C(=C/F)CN)cc2)CCCCC1.COc1ccc(C2(C(N)=O)CCCCC2)cc1. The molecular formula is C48H65FN2O6. The second-order valence-corrected chi connectivity index (χ2v) is 15.9. The molecule has 3 aliphatic carbocycles. The molecule has 0 radical (unpaired) electrons. The molecule has 57 heavy (non-hydrogen) atoms. The number of ketones is 2. The number of rotatable bonds is 13. The summed E-state index contributed by atoms with van der Waals surface area (Å²) < 4.78 is 23.2. The van der Waals surface area contributed by atoms with E-state index in [-0.39, 0.29) is 35.6 Å². The van der Waals surface area contributed by atoms with Gasteiger partial charge >= 0.3 is 0 Å². The number of amides is 1. The number of methoxy groups -OCH3 is 1. The Bertz CT molecular complexity index is 1730. The first-order chi connectivity index (χ1) is 27.5. The summed E-state index contributed by atoms with van der Waals surface area (Å²) in [7, 11) is 1.64. The van der Waals surface area contributed by atoms with Gasteiger partial charge in [-0.3, -0.25) is 14.4 Å². The van der Waals surface area contributed by atoms with Gasteiger partial charge in [-0.25, -0.2) is 4.39 Å². The van der Waals surface area contributed by atoms with Crippen molar-refractivity contribution in [1.29, 1.82) is 0 Å². The third-order valence-corrected chi connectivity index (χ3v) is 12.6. The Kier molecular flexibility index (Phi) is 17.3. The summed E-state index contributed by atoms with van der Waals surface area (Å²) in [4.78, 5) is 36.7. The summed E-state index contributed by atoms with van der Waals surface area (Å²) in [6.07, 6.45) is 17.5. The molecule has 0 aliphatic heterocycles. The third kappa shape index (κ3) is 11.1. The summed E-state index contributed by atoms with van der Waals surface area (Å²) in [6, 6.07) is 22.6. The van der Waals surface area contributed by atoms with Crippen molar-refractivity contribution in [3.63, 3.8) is 0 Å². The van der Waals surface area contributed by atoms with Gasteiger partial charge in [-0.2, -0.15) is 0 Å². The van der Waals surface area contributed by atoms with Crippen molar-refractivity contribution in [3.8, 4) is 17.2 Å². The predicted molar refractivity (Wildman–Crippen MR) is 225 cm³/mol. The predicted octanol–water partition coefficient (Wildman–Crippen LogP) is 10.0. The van der Waals surface area contributed by atoms with Crippen LogP contribution >= 0.6 is 0 Å². The van der Waals surface area contributed by atoms with E-state index < -0.39 is 5.41 Å². The van der Waals surface area contributed by atoms with E-state index in [4.69, 9.17) is 20.9 Å². The molecule has 0 heterocycles. The van der Waals surface area contributed by atoms with Crippen molar-refractivity contribution in [2.45, 2.75) is 139 Å². The highest BCUT2D eigenvalue weighted by atomic mass is 19.1. The third-order valence-electron chi connectivity index (χ3n) is 12.6. The average Bonchev–Trinajstić information content (AvgIpc) is 3.27. The number of ether oxygens (including phenoxy) is 2. The van der Waals surface area contributed by atoms with Gasteiger partial charge in [-0.15, -0.1) is 0 Å². The van der Waals surface area contributed by atoms with E-state index in [1.54, 1.807) is 19.2 Å². The van der Waals surface area contributed by atoms with Gasteiger partial charge in [0.15, 0.2) is 0 Å². The Labute approximate surface area is 339 Å². The van der Waals surface area contributed by atoms with Crippen molar-refractivity contribution in [2.75, 3.05) is 20.3 Å². The molecule has 3 aromatic carbocycles. The second kappa shape index (κ2) is 21.9. The van der Waals surface area contributed by atoms with Gasteiger partial charge in [0.2, 0.25) is 5.91 Å². The molecule has 9 heteroatoms. The molecule has 5 N–H and O–H groups in total. The minimum atomic E-state index is -0.454. The largest absolute Gasteiger partial charge is 0.508 e. The molecule has 3 aromatic rings. The van der Waals surface area contributed by atoms with Crippen LogP contribution in [-0.4, -0.2) is 42.8 Å². The van der Waals surface area contributed by atoms with E-state index in [9.17, 15) is 23.9 Å². The number of phenols is 1. The maximum atomic E-state index is 12.6. The lowest BCUT2D eigenvalue weighted by Crippen LogP contribution is -2.42. The highest BCUT2D eigenvalue weighted by Crippen LogP contribution is 2.43. The number of hydrogen-bond donors (Lipinski definition) is 3. The number of Topliss-reactive ketones (excluding diaryl/α,β-unsaturated/α-hetero) is 2. The quantitative estimate of drug-likeness (QED) is 0.157. The Morgan fingerprint density at radius 2 is 1.00 bits per heavy atom. The summed E-state index contributed by atoms with van der Waals surface area (Å²) in [5.74, 6) is 2.23. The molecule has 3 aliphatic rings. The fourth-order valence-corrected chi connectivity index (χ4v) is 9.15. The smallest absolute Gasteiger partial charge is 0.228 e. The molecule has 0 aromatic heterocycles. The number of phenolic OH excluding ortho intramolecular Hbond substituents is 1. The number of aromatic hydroxyl groups is 1. The molecule has 0 bridgehead atoms. The van der Waals surface area contributed by atoms with Crippen LogP contribution in [0.2, 0.25) is 0 Å². The molecule has 0 unspecified atom stereocenters. The highest BCUT2D eigenvalue weighted by Gasteiger charge is 2.41. The molecule has 0 saturated heterocycles. The summed E-state index contributed by atoms with van der Waals surface area (Å²) in [5, 5.41) is 9.35. The Balaban J connectivity index is 0.000000193. The monoisotopic (exact) mass is 784 g/mol. The number of benzene rings is 3. The van der Waals surface area contributed by atoms with E-state index in [1.165, 1.54) is 19.3 Å². The fraction of sp³-hybridized carbons (Fsp3) is 0.521. The Morgan fingerprint density at radius 3 is 1.35 bits per heavy atom. The number of carbonyl (C=O) groups is 3.